The molecule has 1 aromatic heterocycles. The Labute approximate surface area is 122 Å². The topological polar surface area (TPSA) is 45.2 Å². The van der Waals surface area contributed by atoms with Crippen LogP contribution in [0.15, 0.2) is 30.5 Å². The smallest absolute Gasteiger partial charge is 0.123 e. The molecule has 2 atom stereocenters. The van der Waals surface area contributed by atoms with E-state index in [9.17, 15) is 9.50 Å². The van der Waals surface area contributed by atoms with Gasteiger partial charge in [-0.2, -0.15) is 0 Å². The zero-order valence-electron chi connectivity index (χ0n) is 11.6. The fraction of sp³-hybridized carbons (Fsp3) is 0.400. The van der Waals surface area contributed by atoms with E-state index in [0.29, 0.717) is 12.1 Å². The van der Waals surface area contributed by atoms with Crippen LogP contribution in [0.1, 0.15) is 41.4 Å². The van der Waals surface area contributed by atoms with Crippen molar-refractivity contribution in [3.05, 3.63) is 51.7 Å². The third-order valence-electron chi connectivity index (χ3n) is 3.16. The number of rotatable bonds is 6. The highest BCUT2D eigenvalue weighted by Gasteiger charge is 2.13. The van der Waals surface area contributed by atoms with Crippen LogP contribution in [-0.4, -0.2) is 16.6 Å². The number of hydrogen-bond donors (Lipinski definition) is 2. The number of thiazole rings is 1. The van der Waals surface area contributed by atoms with Crippen molar-refractivity contribution in [2.24, 2.45) is 0 Å². The van der Waals surface area contributed by atoms with Crippen LogP contribution >= 0.6 is 11.3 Å². The monoisotopic (exact) mass is 294 g/mol. The van der Waals surface area contributed by atoms with Gasteiger partial charge in [-0.05, 0) is 31.0 Å². The van der Waals surface area contributed by atoms with Gasteiger partial charge in [0.2, 0.25) is 0 Å². The molecule has 5 heteroatoms. The third kappa shape index (κ3) is 3.85. The van der Waals surface area contributed by atoms with Crippen LogP contribution in [0.25, 0.3) is 0 Å². The van der Waals surface area contributed by atoms with E-state index in [1.54, 1.807) is 23.5 Å². The van der Waals surface area contributed by atoms with Gasteiger partial charge in [0.05, 0.1) is 12.1 Å². The molecule has 0 aliphatic carbocycles. The Bertz CT molecular complexity index is 541. The summed E-state index contributed by atoms with van der Waals surface area (Å²) >= 11 is 1.69. The van der Waals surface area contributed by atoms with Gasteiger partial charge < -0.3 is 10.4 Å². The Kier molecular flexibility index (Phi) is 5.23. The summed E-state index contributed by atoms with van der Waals surface area (Å²) in [5.41, 5.74) is 0.708. The largest absolute Gasteiger partial charge is 0.387 e. The Balaban J connectivity index is 1.89. The van der Waals surface area contributed by atoms with Crippen molar-refractivity contribution >= 4 is 11.3 Å². The highest BCUT2D eigenvalue weighted by molar-refractivity contribution is 7.11. The predicted molar refractivity (Wildman–Crippen MR) is 79.3 cm³/mol. The SMILES string of the molecule is CCc1cnc(C(C)NCC(O)c2ccc(F)cc2)s1. The van der Waals surface area contributed by atoms with Crippen molar-refractivity contribution in [1.29, 1.82) is 0 Å². The lowest BCUT2D eigenvalue weighted by atomic mass is 10.1. The van der Waals surface area contributed by atoms with Crippen LogP contribution in [0.4, 0.5) is 4.39 Å². The molecule has 0 aliphatic heterocycles. The molecule has 0 fully saturated rings. The van der Waals surface area contributed by atoms with E-state index in [0.717, 1.165) is 11.4 Å². The molecule has 0 saturated carbocycles. The normalized spacial score (nSPS) is 14.2. The molecule has 2 unspecified atom stereocenters. The lowest BCUT2D eigenvalue weighted by Crippen LogP contribution is -2.24. The molecule has 0 radical (unpaired) electrons. The van der Waals surface area contributed by atoms with E-state index in [-0.39, 0.29) is 11.9 Å². The van der Waals surface area contributed by atoms with Gasteiger partial charge in [-0.1, -0.05) is 19.1 Å². The van der Waals surface area contributed by atoms with Gasteiger partial charge in [0.1, 0.15) is 10.8 Å². The minimum Gasteiger partial charge on any atom is -0.387 e. The standard InChI is InChI=1S/C15H19FN2OS/c1-3-13-8-18-15(20-13)10(2)17-9-14(19)11-4-6-12(16)7-5-11/h4-8,10,14,17,19H,3,9H2,1-2H3. The van der Waals surface area contributed by atoms with Crippen LogP contribution in [0.2, 0.25) is 0 Å². The molecule has 0 aliphatic rings. The van der Waals surface area contributed by atoms with Gasteiger partial charge in [-0.3, -0.25) is 0 Å². The van der Waals surface area contributed by atoms with Crippen LogP contribution in [0.3, 0.4) is 0 Å². The Morgan fingerprint density at radius 3 is 2.65 bits per heavy atom. The van der Waals surface area contributed by atoms with Crippen molar-refractivity contribution in [2.75, 3.05) is 6.54 Å². The highest BCUT2D eigenvalue weighted by atomic mass is 32.1. The maximum Gasteiger partial charge on any atom is 0.123 e. The summed E-state index contributed by atoms with van der Waals surface area (Å²) < 4.78 is 12.8. The second-order valence-corrected chi connectivity index (χ2v) is 5.86. The van der Waals surface area contributed by atoms with Crippen LogP contribution in [0.5, 0.6) is 0 Å². The van der Waals surface area contributed by atoms with Gasteiger partial charge in [0.15, 0.2) is 0 Å². The second kappa shape index (κ2) is 6.92. The number of nitrogens with zero attached hydrogens (tertiary/aromatic N) is 1. The third-order valence-corrected chi connectivity index (χ3v) is 4.49. The molecule has 0 spiro atoms. The first kappa shape index (κ1) is 15.1. The summed E-state index contributed by atoms with van der Waals surface area (Å²) in [7, 11) is 0. The number of halogens is 1. The van der Waals surface area contributed by atoms with E-state index in [4.69, 9.17) is 0 Å². The summed E-state index contributed by atoms with van der Waals surface area (Å²) in [5, 5.41) is 14.3. The molecule has 2 rings (SSSR count). The van der Waals surface area contributed by atoms with Crippen molar-refractivity contribution in [1.82, 2.24) is 10.3 Å². The van der Waals surface area contributed by atoms with Crippen LogP contribution < -0.4 is 5.32 Å². The number of nitrogens with one attached hydrogen (secondary N) is 1. The first-order valence-electron chi connectivity index (χ1n) is 6.71. The van der Waals surface area contributed by atoms with Gasteiger partial charge >= 0.3 is 0 Å². The molecular weight excluding hydrogens is 275 g/mol. The van der Waals surface area contributed by atoms with Gasteiger partial charge in [0, 0.05) is 17.6 Å². The summed E-state index contributed by atoms with van der Waals surface area (Å²) in [5.74, 6) is -0.294. The van der Waals surface area contributed by atoms with E-state index < -0.39 is 6.10 Å². The number of aromatic nitrogens is 1. The average Bonchev–Trinajstić information content (AvgIpc) is 2.94. The molecule has 1 heterocycles. The van der Waals surface area contributed by atoms with E-state index >= 15 is 0 Å². The van der Waals surface area contributed by atoms with Crippen molar-refractivity contribution in [2.45, 2.75) is 32.4 Å². The number of aliphatic hydroxyl groups excluding tert-OH is 1. The second-order valence-electron chi connectivity index (χ2n) is 4.72. The molecule has 108 valence electrons. The van der Waals surface area contributed by atoms with Crippen molar-refractivity contribution in [3.8, 4) is 0 Å². The zero-order valence-corrected chi connectivity index (χ0v) is 12.5. The van der Waals surface area contributed by atoms with Gasteiger partial charge in [-0.25, -0.2) is 9.37 Å². The van der Waals surface area contributed by atoms with E-state index in [2.05, 4.69) is 17.2 Å². The Morgan fingerprint density at radius 2 is 2.05 bits per heavy atom. The quantitative estimate of drug-likeness (QED) is 0.860. The van der Waals surface area contributed by atoms with Crippen molar-refractivity contribution < 1.29 is 9.50 Å². The fourth-order valence-corrected chi connectivity index (χ4v) is 2.75. The molecule has 2 N–H and O–H groups in total. The molecule has 1 aromatic carbocycles. The maximum absolute atomic E-state index is 12.8. The molecule has 0 bridgehead atoms. The highest BCUT2D eigenvalue weighted by Crippen LogP contribution is 2.21. The number of hydrogen-bond acceptors (Lipinski definition) is 4. The maximum atomic E-state index is 12.8. The number of aliphatic hydroxyl groups is 1. The Morgan fingerprint density at radius 1 is 1.35 bits per heavy atom. The zero-order chi connectivity index (χ0) is 14.5. The summed E-state index contributed by atoms with van der Waals surface area (Å²) in [4.78, 5) is 5.63. The van der Waals surface area contributed by atoms with E-state index in [1.165, 1.54) is 17.0 Å². The summed E-state index contributed by atoms with van der Waals surface area (Å²) in [6.45, 7) is 4.54. The Hall–Kier alpha value is -1.30. The summed E-state index contributed by atoms with van der Waals surface area (Å²) in [6.07, 6.45) is 2.24. The fourth-order valence-electron chi connectivity index (χ4n) is 1.86. The molecule has 2 aromatic rings. The molecule has 3 nitrogen and oxygen atoms in total. The van der Waals surface area contributed by atoms with Gasteiger partial charge in [-0.15, -0.1) is 11.3 Å². The lowest BCUT2D eigenvalue weighted by molar-refractivity contribution is 0.170. The average molecular weight is 294 g/mol. The van der Waals surface area contributed by atoms with E-state index in [1.807, 2.05) is 13.1 Å². The molecule has 20 heavy (non-hydrogen) atoms. The molecular formula is C15H19FN2OS. The first-order chi connectivity index (χ1) is 9.60. The molecule has 0 amide bonds. The van der Waals surface area contributed by atoms with Crippen LogP contribution in [-0.2, 0) is 6.42 Å². The molecule has 0 saturated heterocycles. The number of aryl methyl sites for hydroxylation is 1. The van der Waals surface area contributed by atoms with Crippen molar-refractivity contribution in [3.63, 3.8) is 0 Å². The minimum atomic E-state index is -0.649. The first-order valence-corrected chi connectivity index (χ1v) is 7.53. The minimum absolute atomic E-state index is 0.0930. The summed E-state index contributed by atoms with van der Waals surface area (Å²) in [6, 6.07) is 6.01. The van der Waals surface area contributed by atoms with Gasteiger partial charge in [0.25, 0.3) is 0 Å². The number of benzene rings is 1. The predicted octanol–water partition coefficient (Wildman–Crippen LogP) is 3.23. The van der Waals surface area contributed by atoms with Crippen LogP contribution in [0, 0.1) is 5.82 Å². The lowest BCUT2D eigenvalue weighted by Gasteiger charge is -2.15.